The van der Waals surface area contributed by atoms with Crippen molar-refractivity contribution in [2.24, 2.45) is 11.3 Å². The second kappa shape index (κ2) is 5.57. The molecule has 5 heteroatoms. The van der Waals surface area contributed by atoms with Crippen LogP contribution in [0.25, 0.3) is 0 Å². The molecule has 0 aliphatic carbocycles. The third-order valence-corrected chi connectivity index (χ3v) is 4.02. The van der Waals surface area contributed by atoms with Crippen molar-refractivity contribution in [1.82, 2.24) is 5.32 Å². The molecule has 0 aromatic carbocycles. The topological polar surface area (TPSA) is 66.4 Å². The van der Waals surface area contributed by atoms with Crippen LogP contribution < -0.4 is 5.32 Å². The highest BCUT2D eigenvalue weighted by molar-refractivity contribution is 7.99. The Morgan fingerprint density at radius 2 is 2.19 bits per heavy atom. The van der Waals surface area contributed by atoms with Crippen LogP contribution in [0.15, 0.2) is 0 Å². The number of rotatable bonds is 5. The van der Waals surface area contributed by atoms with Crippen LogP contribution in [0, 0.1) is 11.3 Å². The van der Waals surface area contributed by atoms with Crippen LogP contribution in [0.4, 0.5) is 0 Å². The molecule has 0 aromatic heterocycles. The van der Waals surface area contributed by atoms with Crippen LogP contribution in [-0.2, 0) is 9.59 Å². The molecule has 0 bridgehead atoms. The number of hydrogen-bond donors (Lipinski definition) is 2. The van der Waals surface area contributed by atoms with Gasteiger partial charge in [-0.05, 0) is 37.7 Å². The van der Waals surface area contributed by atoms with Crippen LogP contribution in [0.5, 0.6) is 0 Å². The average Bonchev–Trinajstić information content (AvgIpc) is 2.66. The molecule has 1 aliphatic rings. The second-order valence-electron chi connectivity index (χ2n) is 4.90. The number of hydrogen-bond acceptors (Lipinski definition) is 3. The van der Waals surface area contributed by atoms with Gasteiger partial charge in [-0.15, -0.1) is 0 Å². The summed E-state index contributed by atoms with van der Waals surface area (Å²) in [7, 11) is 0. The van der Waals surface area contributed by atoms with Gasteiger partial charge in [0, 0.05) is 13.0 Å². The van der Waals surface area contributed by atoms with Gasteiger partial charge in [-0.2, -0.15) is 11.8 Å². The van der Waals surface area contributed by atoms with Crippen molar-refractivity contribution in [2.75, 3.05) is 18.1 Å². The fourth-order valence-corrected chi connectivity index (χ4v) is 2.83. The van der Waals surface area contributed by atoms with Crippen LogP contribution in [0.1, 0.15) is 26.7 Å². The first-order valence-electron chi connectivity index (χ1n) is 5.49. The number of aliphatic carboxylic acids is 1. The molecule has 1 atom stereocenters. The fourth-order valence-electron chi connectivity index (χ4n) is 1.54. The second-order valence-corrected chi connectivity index (χ2v) is 6.05. The number of carbonyl (C=O) groups excluding carboxylic acids is 1. The van der Waals surface area contributed by atoms with Gasteiger partial charge in [0.25, 0.3) is 0 Å². The third kappa shape index (κ3) is 4.04. The lowest BCUT2D eigenvalue weighted by atomic mass is 9.89. The number of carboxylic acids is 1. The first-order chi connectivity index (χ1) is 7.42. The average molecular weight is 245 g/mol. The normalized spacial score (nSPS) is 20.8. The lowest BCUT2D eigenvalue weighted by Crippen LogP contribution is -2.35. The van der Waals surface area contributed by atoms with Gasteiger partial charge < -0.3 is 10.4 Å². The summed E-state index contributed by atoms with van der Waals surface area (Å²) in [6.07, 6.45) is 1.19. The van der Waals surface area contributed by atoms with E-state index in [-0.39, 0.29) is 12.3 Å². The largest absolute Gasteiger partial charge is 0.481 e. The molecule has 4 nitrogen and oxygen atoms in total. The van der Waals surface area contributed by atoms with Crippen LogP contribution >= 0.6 is 11.8 Å². The smallest absolute Gasteiger partial charge is 0.309 e. The Hall–Kier alpha value is -0.710. The minimum absolute atomic E-state index is 0.0438. The number of carboxylic acid groups (broad SMARTS) is 1. The molecular formula is C11H19NO3S. The highest BCUT2D eigenvalue weighted by Gasteiger charge is 2.30. The van der Waals surface area contributed by atoms with Crippen molar-refractivity contribution in [2.45, 2.75) is 26.7 Å². The molecule has 16 heavy (non-hydrogen) atoms. The Morgan fingerprint density at radius 1 is 1.50 bits per heavy atom. The zero-order valence-electron chi connectivity index (χ0n) is 9.78. The van der Waals surface area contributed by atoms with Crippen molar-refractivity contribution in [1.29, 1.82) is 0 Å². The maximum absolute atomic E-state index is 11.5. The molecule has 1 aliphatic heterocycles. The predicted octanol–water partition coefficient (Wildman–Crippen LogP) is 1.36. The van der Waals surface area contributed by atoms with Gasteiger partial charge in [-0.1, -0.05) is 0 Å². The standard InChI is InChI=1S/C11H19NO3S/c1-11(2,10(14)15)5-9(13)12-6-8-3-4-16-7-8/h8H,3-7H2,1-2H3,(H,12,13)(H,14,15). The number of carbonyl (C=O) groups is 2. The van der Waals surface area contributed by atoms with Crippen LogP contribution in [0.3, 0.4) is 0 Å². The summed E-state index contributed by atoms with van der Waals surface area (Å²) in [4.78, 5) is 22.4. The highest BCUT2D eigenvalue weighted by atomic mass is 32.2. The molecule has 92 valence electrons. The predicted molar refractivity (Wildman–Crippen MR) is 64.5 cm³/mol. The van der Waals surface area contributed by atoms with E-state index in [1.165, 1.54) is 5.75 Å². The summed E-state index contributed by atoms with van der Waals surface area (Å²) in [6, 6.07) is 0. The molecule has 2 N–H and O–H groups in total. The van der Waals surface area contributed by atoms with E-state index in [1.54, 1.807) is 13.8 Å². The van der Waals surface area contributed by atoms with E-state index in [1.807, 2.05) is 11.8 Å². The SMILES string of the molecule is CC(C)(CC(=O)NCC1CCSC1)C(=O)O. The Bertz CT molecular complexity index is 272. The van der Waals surface area contributed by atoms with E-state index >= 15 is 0 Å². The molecule has 1 amide bonds. The molecule has 0 spiro atoms. The van der Waals surface area contributed by atoms with Gasteiger partial charge in [-0.25, -0.2) is 0 Å². The quantitative estimate of drug-likeness (QED) is 0.767. The summed E-state index contributed by atoms with van der Waals surface area (Å²) in [5.74, 6) is 1.73. The molecule has 1 heterocycles. The lowest BCUT2D eigenvalue weighted by molar-refractivity contribution is -0.149. The van der Waals surface area contributed by atoms with Crippen molar-refractivity contribution in [3.05, 3.63) is 0 Å². The molecule has 1 fully saturated rings. The first kappa shape index (κ1) is 13.4. The van der Waals surface area contributed by atoms with E-state index < -0.39 is 11.4 Å². The maximum atomic E-state index is 11.5. The van der Waals surface area contributed by atoms with Crippen molar-refractivity contribution in [3.8, 4) is 0 Å². The van der Waals surface area contributed by atoms with Gasteiger partial charge in [0.2, 0.25) is 5.91 Å². The number of thioether (sulfide) groups is 1. The zero-order valence-corrected chi connectivity index (χ0v) is 10.6. The van der Waals surface area contributed by atoms with Gasteiger partial charge in [0.15, 0.2) is 0 Å². The van der Waals surface area contributed by atoms with E-state index in [4.69, 9.17) is 5.11 Å². The monoisotopic (exact) mass is 245 g/mol. The minimum Gasteiger partial charge on any atom is -0.481 e. The van der Waals surface area contributed by atoms with E-state index in [9.17, 15) is 9.59 Å². The van der Waals surface area contributed by atoms with E-state index in [2.05, 4.69) is 5.32 Å². The Labute approximate surface area is 100 Å². The molecule has 0 aromatic rings. The van der Waals surface area contributed by atoms with Crippen molar-refractivity contribution < 1.29 is 14.7 Å². The minimum atomic E-state index is -0.978. The first-order valence-corrected chi connectivity index (χ1v) is 6.65. The summed E-state index contributed by atoms with van der Waals surface area (Å²) in [5, 5.41) is 11.7. The third-order valence-electron chi connectivity index (χ3n) is 2.79. The summed E-state index contributed by atoms with van der Waals surface area (Å²) < 4.78 is 0. The van der Waals surface area contributed by atoms with Crippen LogP contribution in [-0.4, -0.2) is 35.0 Å². The highest BCUT2D eigenvalue weighted by Crippen LogP contribution is 2.23. The van der Waals surface area contributed by atoms with Gasteiger partial charge >= 0.3 is 5.97 Å². The molecule has 0 saturated carbocycles. The molecule has 0 radical (unpaired) electrons. The fraction of sp³-hybridized carbons (Fsp3) is 0.818. The summed E-state index contributed by atoms with van der Waals surface area (Å²) >= 11 is 1.91. The van der Waals surface area contributed by atoms with E-state index in [0.717, 1.165) is 12.2 Å². The van der Waals surface area contributed by atoms with Crippen molar-refractivity contribution >= 4 is 23.6 Å². The van der Waals surface area contributed by atoms with E-state index in [0.29, 0.717) is 12.5 Å². The maximum Gasteiger partial charge on any atom is 0.309 e. The Morgan fingerprint density at radius 3 is 2.69 bits per heavy atom. The molecule has 1 rings (SSSR count). The Balaban J connectivity index is 2.27. The molecule has 1 unspecified atom stereocenters. The van der Waals surface area contributed by atoms with Crippen LogP contribution in [0.2, 0.25) is 0 Å². The number of nitrogens with one attached hydrogen (secondary N) is 1. The summed E-state index contributed by atoms with van der Waals surface area (Å²) in [5.41, 5.74) is -0.978. The number of amides is 1. The zero-order chi connectivity index (χ0) is 12.2. The Kier molecular flexibility index (Phi) is 4.65. The van der Waals surface area contributed by atoms with Gasteiger partial charge in [0.1, 0.15) is 0 Å². The summed E-state index contributed by atoms with van der Waals surface area (Å²) in [6.45, 7) is 3.82. The molecule has 1 saturated heterocycles. The molecular weight excluding hydrogens is 226 g/mol. The lowest BCUT2D eigenvalue weighted by Gasteiger charge is -2.19. The van der Waals surface area contributed by atoms with Crippen molar-refractivity contribution in [3.63, 3.8) is 0 Å². The van der Waals surface area contributed by atoms with Gasteiger partial charge in [-0.3, -0.25) is 9.59 Å². The van der Waals surface area contributed by atoms with Gasteiger partial charge in [0.05, 0.1) is 5.41 Å².